The minimum absolute atomic E-state index is 0.868. The number of aryl methyl sites for hydroxylation is 6. The van der Waals surface area contributed by atoms with E-state index in [4.69, 9.17) is 0 Å². The first-order valence-corrected chi connectivity index (χ1v) is 19.3. The van der Waals surface area contributed by atoms with Crippen LogP contribution in [0.25, 0.3) is 66.1 Å². The first-order chi connectivity index (χ1) is 26.8. The SMILES string of the molecule is c1ccc2c(c1)CC[n+]1ccc3ccccc3c1-c1ccccc1CC[n+]1ccc3ccccc3c1-c1ccccc1CC[n+]1ccc3ccccc3c1-2. The van der Waals surface area contributed by atoms with E-state index in [-0.39, 0.29) is 0 Å². The molecule has 4 heterocycles. The predicted molar refractivity (Wildman–Crippen MR) is 220 cm³/mol. The van der Waals surface area contributed by atoms with E-state index < -0.39 is 0 Å². The Kier molecular flexibility index (Phi) is 8.26. The van der Waals surface area contributed by atoms with Crippen molar-refractivity contribution in [2.24, 2.45) is 0 Å². The maximum atomic E-state index is 2.50. The summed E-state index contributed by atoms with van der Waals surface area (Å²) in [5.41, 5.74) is 11.9. The molecule has 258 valence electrons. The van der Waals surface area contributed by atoms with Crippen molar-refractivity contribution in [1.82, 2.24) is 0 Å². The second kappa shape index (κ2) is 13.8. The van der Waals surface area contributed by atoms with Crippen LogP contribution in [-0.4, -0.2) is 0 Å². The average molecular weight is 697 g/mol. The lowest BCUT2D eigenvalue weighted by atomic mass is 9.94. The fraction of sp³-hybridized carbons (Fsp3) is 0.118. The Morgan fingerprint density at radius 3 is 0.889 bits per heavy atom. The van der Waals surface area contributed by atoms with Crippen molar-refractivity contribution in [3.63, 3.8) is 0 Å². The highest BCUT2D eigenvalue weighted by Gasteiger charge is 2.26. The summed E-state index contributed by atoms with van der Waals surface area (Å²) in [6.07, 6.45) is 9.66. The molecule has 0 aliphatic carbocycles. The van der Waals surface area contributed by atoms with E-state index in [1.165, 1.54) is 82.8 Å². The third-order valence-electron chi connectivity index (χ3n) is 11.5. The molecule has 3 heteroatoms. The van der Waals surface area contributed by atoms with Gasteiger partial charge in [0, 0.05) is 37.5 Å². The van der Waals surface area contributed by atoms with Crippen LogP contribution in [0.5, 0.6) is 0 Å². The van der Waals surface area contributed by atoms with Crippen molar-refractivity contribution >= 4 is 32.3 Å². The van der Waals surface area contributed by atoms with Gasteiger partial charge in [-0.1, -0.05) is 109 Å². The number of rotatable bonds is 0. The fourth-order valence-corrected chi connectivity index (χ4v) is 8.86. The molecular weight excluding hydrogens is 655 g/mol. The Morgan fingerprint density at radius 2 is 0.556 bits per heavy atom. The van der Waals surface area contributed by atoms with Crippen molar-refractivity contribution < 1.29 is 13.7 Å². The van der Waals surface area contributed by atoms with Crippen molar-refractivity contribution in [1.29, 1.82) is 0 Å². The Balaban J connectivity index is 1.24. The molecule has 3 nitrogen and oxygen atoms in total. The van der Waals surface area contributed by atoms with Gasteiger partial charge in [-0.25, -0.2) is 0 Å². The van der Waals surface area contributed by atoms with Gasteiger partial charge >= 0.3 is 0 Å². The summed E-state index contributed by atoms with van der Waals surface area (Å²) in [6.45, 7) is 2.60. The van der Waals surface area contributed by atoms with Gasteiger partial charge < -0.3 is 0 Å². The first-order valence-electron chi connectivity index (χ1n) is 19.3. The van der Waals surface area contributed by atoms with Crippen LogP contribution in [0.2, 0.25) is 0 Å². The van der Waals surface area contributed by atoms with Crippen LogP contribution in [0, 0.1) is 0 Å². The summed E-state index contributed by atoms with van der Waals surface area (Å²) in [6, 6.07) is 60.7. The highest BCUT2D eigenvalue weighted by Crippen LogP contribution is 2.33. The lowest BCUT2D eigenvalue weighted by Gasteiger charge is -2.15. The van der Waals surface area contributed by atoms with Gasteiger partial charge in [0.15, 0.2) is 38.2 Å². The monoisotopic (exact) mass is 696 g/mol. The Morgan fingerprint density at radius 1 is 0.278 bits per heavy atom. The molecule has 0 atom stereocenters. The van der Waals surface area contributed by atoms with Gasteiger partial charge in [-0.2, -0.15) is 13.7 Å². The van der Waals surface area contributed by atoms with Crippen LogP contribution in [-0.2, 0) is 38.9 Å². The van der Waals surface area contributed by atoms with Crippen molar-refractivity contribution in [3.05, 3.63) is 199 Å². The standard InChI is InChI=1S/C51H42N3/c1-7-19-43-37(13-1)25-31-52-34-28-41-17-5-11-23-47(41)50-44-20-8-2-15-39(44)27-33-54(50)36-30-42-18-6-12-24-48(42)51-45-21-9-3-14-38(45)26-32-53(51)35-29-40-16-4-10-22-46(40)49(43)52/h1-27,31-33H,28-30,34-36H2/q+3. The molecule has 1 aliphatic rings. The maximum Gasteiger partial charge on any atom is 0.220 e. The largest absolute Gasteiger partial charge is 0.220 e. The smallest absolute Gasteiger partial charge is 0.197 e. The fourth-order valence-electron chi connectivity index (χ4n) is 8.86. The zero-order valence-corrected chi connectivity index (χ0v) is 30.4. The van der Waals surface area contributed by atoms with E-state index in [9.17, 15) is 0 Å². The molecule has 1 aliphatic heterocycles. The summed E-state index contributed by atoms with van der Waals surface area (Å²) < 4.78 is 7.51. The van der Waals surface area contributed by atoms with E-state index in [1.807, 2.05) is 0 Å². The number of fused-ring (bicyclic) bond motifs is 15. The molecule has 0 fully saturated rings. The van der Waals surface area contributed by atoms with Crippen LogP contribution in [0.1, 0.15) is 16.7 Å². The number of hydrogen-bond donors (Lipinski definition) is 0. The topological polar surface area (TPSA) is 11.6 Å². The highest BCUT2D eigenvalue weighted by atomic mass is 15.0. The van der Waals surface area contributed by atoms with Crippen LogP contribution < -0.4 is 13.7 Å². The zero-order valence-electron chi connectivity index (χ0n) is 30.4. The summed E-state index contributed by atoms with van der Waals surface area (Å²) in [5, 5.41) is 7.65. The van der Waals surface area contributed by atoms with E-state index >= 15 is 0 Å². The Labute approximate surface area is 316 Å². The summed E-state index contributed by atoms with van der Waals surface area (Å²) in [5.74, 6) is 0. The molecule has 0 saturated heterocycles. The molecule has 54 heavy (non-hydrogen) atoms. The van der Waals surface area contributed by atoms with Gasteiger partial charge in [0.25, 0.3) is 0 Å². The lowest BCUT2D eigenvalue weighted by molar-refractivity contribution is -0.686. The molecule has 0 unspecified atom stereocenters. The minimum atomic E-state index is 0.868. The molecule has 0 radical (unpaired) electrons. The molecule has 3 aromatic heterocycles. The molecule has 9 aromatic rings. The normalized spacial score (nSPS) is 13.1. The van der Waals surface area contributed by atoms with Crippen LogP contribution in [0.3, 0.4) is 0 Å². The summed E-state index contributed by atoms with van der Waals surface area (Å²) in [7, 11) is 0. The van der Waals surface area contributed by atoms with E-state index in [2.05, 4.69) is 196 Å². The van der Waals surface area contributed by atoms with Gasteiger partial charge in [-0.15, -0.1) is 0 Å². The van der Waals surface area contributed by atoms with Crippen LogP contribution in [0.4, 0.5) is 0 Å². The minimum Gasteiger partial charge on any atom is -0.197 e. The van der Waals surface area contributed by atoms with Gasteiger partial charge in [0.05, 0.1) is 32.8 Å². The van der Waals surface area contributed by atoms with Gasteiger partial charge in [0.2, 0.25) is 17.1 Å². The number of pyridine rings is 3. The van der Waals surface area contributed by atoms with Gasteiger partial charge in [-0.05, 0) is 69.2 Å². The third kappa shape index (κ3) is 5.74. The molecule has 0 N–H and O–H groups in total. The quantitative estimate of drug-likeness (QED) is 0.140. The average Bonchev–Trinajstić information content (AvgIpc) is 3.23. The molecule has 0 bridgehead atoms. The van der Waals surface area contributed by atoms with Gasteiger partial charge in [0.1, 0.15) is 0 Å². The summed E-state index contributed by atoms with van der Waals surface area (Å²) >= 11 is 0. The van der Waals surface area contributed by atoms with Gasteiger partial charge in [-0.3, -0.25) is 0 Å². The Bertz CT molecular complexity index is 2540. The molecule has 0 spiro atoms. The molecular formula is C51H42N3+3. The Hall–Kier alpha value is -6.45. The molecule has 0 amide bonds. The number of hydrogen-bond acceptors (Lipinski definition) is 0. The second-order valence-electron chi connectivity index (χ2n) is 14.6. The van der Waals surface area contributed by atoms with Crippen molar-refractivity contribution in [2.45, 2.75) is 38.9 Å². The zero-order chi connectivity index (χ0) is 35.8. The van der Waals surface area contributed by atoms with Crippen LogP contribution >= 0.6 is 0 Å². The maximum absolute atomic E-state index is 2.50. The first kappa shape index (κ1) is 32.2. The molecule has 0 saturated carbocycles. The summed E-state index contributed by atoms with van der Waals surface area (Å²) in [4.78, 5) is 0. The number of aromatic nitrogens is 3. The predicted octanol–water partition coefficient (Wildman–Crippen LogP) is 10.1. The van der Waals surface area contributed by atoms with E-state index in [0.717, 1.165) is 38.9 Å². The van der Waals surface area contributed by atoms with Crippen LogP contribution in [0.15, 0.2) is 182 Å². The molecule has 10 rings (SSSR count). The van der Waals surface area contributed by atoms with E-state index in [0.29, 0.717) is 0 Å². The second-order valence-corrected chi connectivity index (χ2v) is 14.6. The molecule has 6 aromatic carbocycles. The lowest BCUT2D eigenvalue weighted by Crippen LogP contribution is -2.40. The third-order valence-corrected chi connectivity index (χ3v) is 11.5. The van der Waals surface area contributed by atoms with Crippen molar-refractivity contribution in [3.8, 4) is 33.8 Å². The van der Waals surface area contributed by atoms with E-state index in [1.54, 1.807) is 0 Å². The number of benzene rings is 6. The van der Waals surface area contributed by atoms with Crippen molar-refractivity contribution in [2.75, 3.05) is 0 Å². The number of nitrogens with zero attached hydrogens (tertiary/aromatic N) is 3. The highest BCUT2D eigenvalue weighted by molar-refractivity contribution is 5.95.